The average molecular weight is 471 g/mol. The fourth-order valence-corrected chi connectivity index (χ4v) is 3.54. The van der Waals surface area contributed by atoms with Crippen molar-refractivity contribution >= 4 is 60.2 Å². The number of carbonyl (C=O) groups excluding carboxylic acids is 1. The molecule has 0 radical (unpaired) electrons. The fraction of sp³-hybridized carbons (Fsp3) is 0.0556. The Balaban J connectivity index is 1.70. The van der Waals surface area contributed by atoms with Crippen LogP contribution >= 0.6 is 43.5 Å². The van der Waals surface area contributed by atoms with Gasteiger partial charge in [-0.2, -0.15) is 0 Å². The summed E-state index contributed by atoms with van der Waals surface area (Å²) in [5.74, 6) is 0.485. The number of carbonyl (C=O) groups is 1. The van der Waals surface area contributed by atoms with Gasteiger partial charge in [0.05, 0.1) is 8.95 Å². The van der Waals surface area contributed by atoms with Gasteiger partial charge in [-0.3, -0.25) is 0 Å². The van der Waals surface area contributed by atoms with Gasteiger partial charge in [0.2, 0.25) is 0 Å². The topological polar surface area (TPSA) is 35.5 Å². The normalized spacial score (nSPS) is 10.6. The molecule has 0 aliphatic carbocycles. The van der Waals surface area contributed by atoms with Gasteiger partial charge in [0, 0.05) is 5.02 Å². The summed E-state index contributed by atoms with van der Waals surface area (Å²) in [5.41, 5.74) is 0. The van der Waals surface area contributed by atoms with Crippen molar-refractivity contribution in [2.75, 3.05) is 6.61 Å². The van der Waals surface area contributed by atoms with E-state index in [-0.39, 0.29) is 6.61 Å². The zero-order valence-corrected chi connectivity index (χ0v) is 16.2. The molecule has 3 rings (SSSR count). The Morgan fingerprint density at radius 3 is 2.54 bits per heavy atom. The fourth-order valence-electron chi connectivity index (χ4n) is 2.17. The van der Waals surface area contributed by atoms with E-state index in [1.165, 1.54) is 0 Å². The molecule has 24 heavy (non-hydrogen) atoms. The van der Waals surface area contributed by atoms with Gasteiger partial charge >= 0.3 is 5.97 Å². The van der Waals surface area contributed by atoms with E-state index in [9.17, 15) is 4.79 Å². The van der Waals surface area contributed by atoms with Crippen LogP contribution in [0, 0.1) is 0 Å². The zero-order chi connectivity index (χ0) is 17.1. The molecule has 0 heterocycles. The van der Waals surface area contributed by atoms with Crippen LogP contribution in [0.1, 0.15) is 0 Å². The number of hydrogen-bond acceptors (Lipinski definition) is 3. The lowest BCUT2D eigenvalue weighted by molar-refractivity contribution is -0.136. The summed E-state index contributed by atoms with van der Waals surface area (Å²) in [6, 6.07) is 16.6. The quantitative estimate of drug-likeness (QED) is 0.346. The number of hydrogen-bond donors (Lipinski definition) is 0. The highest BCUT2D eigenvalue weighted by Gasteiger charge is 2.12. The summed E-state index contributed by atoms with van der Waals surface area (Å²) in [5, 5.41) is 2.62. The Morgan fingerprint density at radius 1 is 1.00 bits per heavy atom. The standard InChI is InChI=1S/C18H11Br2ClO3/c19-14-9-12(21)6-8-15(14)23-10-17(22)24-16-7-5-11-3-1-2-4-13(11)18(16)20/h1-9H,10H2. The van der Waals surface area contributed by atoms with Crippen molar-refractivity contribution in [2.45, 2.75) is 0 Å². The zero-order valence-electron chi connectivity index (χ0n) is 12.3. The number of halogens is 3. The molecule has 0 saturated heterocycles. The van der Waals surface area contributed by atoms with E-state index in [4.69, 9.17) is 21.1 Å². The van der Waals surface area contributed by atoms with Crippen molar-refractivity contribution in [2.24, 2.45) is 0 Å². The number of ether oxygens (including phenoxy) is 2. The maximum atomic E-state index is 12.0. The molecule has 0 saturated carbocycles. The van der Waals surface area contributed by atoms with Crippen molar-refractivity contribution in [1.29, 1.82) is 0 Å². The van der Waals surface area contributed by atoms with E-state index in [0.29, 0.717) is 21.0 Å². The Kier molecular flexibility index (Phi) is 5.43. The number of esters is 1. The van der Waals surface area contributed by atoms with Gasteiger partial charge in [-0.25, -0.2) is 4.79 Å². The van der Waals surface area contributed by atoms with Gasteiger partial charge < -0.3 is 9.47 Å². The van der Waals surface area contributed by atoms with Crippen molar-refractivity contribution < 1.29 is 14.3 Å². The van der Waals surface area contributed by atoms with E-state index >= 15 is 0 Å². The molecule has 0 fully saturated rings. The lowest BCUT2D eigenvalue weighted by Crippen LogP contribution is -2.18. The van der Waals surface area contributed by atoms with Gasteiger partial charge in [-0.1, -0.05) is 41.9 Å². The van der Waals surface area contributed by atoms with E-state index in [2.05, 4.69) is 31.9 Å². The van der Waals surface area contributed by atoms with E-state index in [1.807, 2.05) is 30.3 Å². The lowest BCUT2D eigenvalue weighted by atomic mass is 10.1. The molecule has 0 aliphatic rings. The molecule has 0 bridgehead atoms. The molecule has 3 nitrogen and oxygen atoms in total. The highest BCUT2D eigenvalue weighted by Crippen LogP contribution is 2.33. The molecular formula is C18H11Br2ClO3. The summed E-state index contributed by atoms with van der Waals surface area (Å²) < 4.78 is 12.3. The van der Waals surface area contributed by atoms with Gasteiger partial charge in [0.25, 0.3) is 0 Å². The Morgan fingerprint density at radius 2 is 1.75 bits per heavy atom. The summed E-state index contributed by atoms with van der Waals surface area (Å²) >= 11 is 12.7. The van der Waals surface area contributed by atoms with E-state index < -0.39 is 5.97 Å². The van der Waals surface area contributed by atoms with Crippen LogP contribution in [-0.2, 0) is 4.79 Å². The summed E-state index contributed by atoms with van der Waals surface area (Å²) in [6.07, 6.45) is 0. The molecule has 0 atom stereocenters. The van der Waals surface area contributed by atoms with Crippen LogP contribution in [0.5, 0.6) is 11.5 Å². The predicted molar refractivity (Wildman–Crippen MR) is 102 cm³/mol. The second-order valence-corrected chi connectivity index (χ2v) is 7.02. The lowest BCUT2D eigenvalue weighted by Gasteiger charge is -2.10. The number of rotatable bonds is 4. The minimum Gasteiger partial charge on any atom is -0.481 e. The molecule has 0 N–H and O–H groups in total. The van der Waals surface area contributed by atoms with Crippen LogP contribution in [0.15, 0.2) is 63.5 Å². The Bertz CT molecular complexity index is 912. The summed E-state index contributed by atoms with van der Waals surface area (Å²) in [7, 11) is 0. The molecule has 0 unspecified atom stereocenters. The second kappa shape index (κ2) is 7.55. The number of fused-ring (bicyclic) bond motifs is 1. The molecular weight excluding hydrogens is 459 g/mol. The molecule has 6 heteroatoms. The largest absolute Gasteiger partial charge is 0.481 e. The van der Waals surface area contributed by atoms with Crippen LogP contribution in [0.25, 0.3) is 10.8 Å². The highest BCUT2D eigenvalue weighted by atomic mass is 79.9. The van der Waals surface area contributed by atoms with Crippen LogP contribution < -0.4 is 9.47 Å². The Hall–Kier alpha value is -1.56. The molecule has 0 amide bonds. The summed E-state index contributed by atoms with van der Waals surface area (Å²) in [4.78, 5) is 12.0. The van der Waals surface area contributed by atoms with Crippen LogP contribution in [0.4, 0.5) is 0 Å². The maximum absolute atomic E-state index is 12.0. The summed E-state index contributed by atoms with van der Waals surface area (Å²) in [6.45, 7) is -0.209. The van der Waals surface area contributed by atoms with Crippen molar-refractivity contribution in [1.82, 2.24) is 0 Å². The Labute approximate surface area is 160 Å². The van der Waals surface area contributed by atoms with Crippen LogP contribution in [0.2, 0.25) is 5.02 Å². The molecule has 3 aromatic rings. The third kappa shape index (κ3) is 3.91. The first-order valence-electron chi connectivity index (χ1n) is 7.00. The van der Waals surface area contributed by atoms with E-state index in [1.54, 1.807) is 24.3 Å². The first-order valence-corrected chi connectivity index (χ1v) is 8.97. The molecule has 122 valence electrons. The maximum Gasteiger partial charge on any atom is 0.349 e. The van der Waals surface area contributed by atoms with Gasteiger partial charge in [0.1, 0.15) is 11.5 Å². The average Bonchev–Trinajstić information content (AvgIpc) is 2.57. The minimum absolute atomic E-state index is 0.209. The van der Waals surface area contributed by atoms with Crippen molar-refractivity contribution in [3.63, 3.8) is 0 Å². The van der Waals surface area contributed by atoms with Crippen molar-refractivity contribution in [3.05, 3.63) is 68.6 Å². The molecule has 3 aromatic carbocycles. The van der Waals surface area contributed by atoms with Crippen LogP contribution in [0.3, 0.4) is 0 Å². The van der Waals surface area contributed by atoms with Gasteiger partial charge in [0.15, 0.2) is 6.61 Å². The first-order chi connectivity index (χ1) is 11.5. The highest BCUT2D eigenvalue weighted by molar-refractivity contribution is 9.11. The SMILES string of the molecule is O=C(COc1ccc(Cl)cc1Br)Oc1ccc2ccccc2c1Br. The third-order valence-corrected chi connectivity index (χ3v) is 4.96. The van der Waals surface area contributed by atoms with E-state index in [0.717, 1.165) is 15.2 Å². The molecule has 0 aromatic heterocycles. The van der Waals surface area contributed by atoms with Gasteiger partial charge in [-0.05, 0) is 66.9 Å². The number of benzene rings is 3. The second-order valence-electron chi connectivity index (χ2n) is 4.94. The molecule has 0 aliphatic heterocycles. The minimum atomic E-state index is -0.493. The smallest absolute Gasteiger partial charge is 0.349 e. The third-order valence-electron chi connectivity index (χ3n) is 3.29. The molecule has 0 spiro atoms. The predicted octanol–water partition coefficient (Wildman–Crippen LogP) is 6.00. The van der Waals surface area contributed by atoms with Gasteiger partial charge in [-0.15, -0.1) is 0 Å². The van der Waals surface area contributed by atoms with Crippen LogP contribution in [-0.4, -0.2) is 12.6 Å². The van der Waals surface area contributed by atoms with Crippen molar-refractivity contribution in [3.8, 4) is 11.5 Å². The first kappa shape index (κ1) is 17.3. The monoisotopic (exact) mass is 468 g/mol.